The molecule has 0 saturated carbocycles. The molecule has 0 aromatic heterocycles. The van der Waals surface area contributed by atoms with E-state index in [1.54, 1.807) is 4.90 Å². The number of para-hydroxylation sites is 1. The lowest BCUT2D eigenvalue weighted by Crippen LogP contribution is -2.43. The second kappa shape index (κ2) is 6.63. The van der Waals surface area contributed by atoms with E-state index in [0.29, 0.717) is 13.0 Å². The fraction of sp³-hybridized carbons (Fsp3) is 0.250. The predicted octanol–water partition coefficient (Wildman–Crippen LogP) is 1.74. The number of anilines is 1. The maximum absolute atomic E-state index is 12.7. The van der Waals surface area contributed by atoms with Gasteiger partial charge in [0.25, 0.3) is 5.91 Å². The molecule has 2 aliphatic rings. The first-order valence-electron chi connectivity index (χ1n) is 8.67. The Labute approximate surface area is 151 Å². The fourth-order valence-corrected chi connectivity index (χ4v) is 3.53. The Balaban J connectivity index is 1.44. The number of fused-ring (bicyclic) bond motifs is 1. The van der Waals surface area contributed by atoms with E-state index >= 15 is 0 Å². The molecule has 6 heteroatoms. The number of carbonyl (C=O) groups is 3. The molecule has 2 aromatic rings. The maximum Gasteiger partial charge on any atom is 0.325 e. The normalized spacial score (nSPS) is 18.8. The first kappa shape index (κ1) is 16.3. The van der Waals surface area contributed by atoms with Crippen molar-refractivity contribution >= 4 is 23.5 Å². The summed E-state index contributed by atoms with van der Waals surface area (Å²) in [6.07, 6.45) is 1.21. The van der Waals surface area contributed by atoms with Gasteiger partial charge in [-0.3, -0.25) is 14.5 Å². The van der Waals surface area contributed by atoms with Gasteiger partial charge in [-0.2, -0.15) is 0 Å². The van der Waals surface area contributed by atoms with Gasteiger partial charge in [-0.05, 0) is 23.6 Å². The molecule has 1 atom stereocenters. The summed E-state index contributed by atoms with van der Waals surface area (Å²) in [5, 5.41) is 2.68. The van der Waals surface area contributed by atoms with Gasteiger partial charge in [0.15, 0.2) is 0 Å². The molecule has 1 N–H and O–H groups in total. The minimum atomic E-state index is -0.622. The number of hydrogen-bond acceptors (Lipinski definition) is 3. The van der Waals surface area contributed by atoms with Crippen LogP contribution in [-0.4, -0.2) is 41.9 Å². The van der Waals surface area contributed by atoms with E-state index in [9.17, 15) is 14.4 Å². The van der Waals surface area contributed by atoms with Crippen LogP contribution in [0.3, 0.4) is 0 Å². The molecule has 4 amide bonds. The maximum atomic E-state index is 12.7. The van der Waals surface area contributed by atoms with E-state index in [-0.39, 0.29) is 18.4 Å². The van der Waals surface area contributed by atoms with Crippen molar-refractivity contribution in [2.24, 2.45) is 0 Å². The van der Waals surface area contributed by atoms with Crippen LogP contribution < -0.4 is 10.2 Å². The van der Waals surface area contributed by atoms with Gasteiger partial charge in [0.05, 0.1) is 0 Å². The van der Waals surface area contributed by atoms with Crippen LogP contribution in [0.25, 0.3) is 0 Å². The van der Waals surface area contributed by atoms with Crippen molar-refractivity contribution in [2.75, 3.05) is 18.0 Å². The molecule has 6 nitrogen and oxygen atoms in total. The Morgan fingerprint density at radius 3 is 2.58 bits per heavy atom. The minimum Gasteiger partial charge on any atom is -0.325 e. The molecule has 2 aromatic carbocycles. The molecule has 4 rings (SSSR count). The SMILES string of the molecule is O=C1N[C@H](Cc2ccccc2)C(=O)N1CC(=O)N1CCc2ccccc21. The van der Waals surface area contributed by atoms with Gasteiger partial charge in [-0.25, -0.2) is 4.79 Å². The molecule has 132 valence electrons. The van der Waals surface area contributed by atoms with Crippen LogP contribution >= 0.6 is 0 Å². The highest BCUT2D eigenvalue weighted by Gasteiger charge is 2.40. The van der Waals surface area contributed by atoms with Crippen molar-refractivity contribution in [3.8, 4) is 0 Å². The second-order valence-corrected chi connectivity index (χ2v) is 6.54. The smallest absolute Gasteiger partial charge is 0.325 e. The molecule has 0 spiro atoms. The Hall–Kier alpha value is -3.15. The lowest BCUT2D eigenvalue weighted by atomic mass is 10.1. The third-order valence-electron chi connectivity index (χ3n) is 4.87. The highest BCUT2D eigenvalue weighted by molar-refractivity contribution is 6.08. The summed E-state index contributed by atoms with van der Waals surface area (Å²) in [6.45, 7) is 0.347. The number of urea groups is 1. The Morgan fingerprint density at radius 2 is 1.77 bits per heavy atom. The van der Waals surface area contributed by atoms with Crippen molar-refractivity contribution in [2.45, 2.75) is 18.9 Å². The van der Waals surface area contributed by atoms with E-state index in [0.717, 1.165) is 28.1 Å². The summed E-state index contributed by atoms with van der Waals surface area (Å²) in [7, 11) is 0. The number of benzene rings is 2. The van der Waals surface area contributed by atoms with Crippen LogP contribution in [0.1, 0.15) is 11.1 Å². The molecular formula is C20H19N3O3. The molecule has 26 heavy (non-hydrogen) atoms. The highest BCUT2D eigenvalue weighted by atomic mass is 16.2. The number of carbonyl (C=O) groups excluding carboxylic acids is 3. The summed E-state index contributed by atoms with van der Waals surface area (Å²) in [4.78, 5) is 40.1. The second-order valence-electron chi connectivity index (χ2n) is 6.54. The van der Waals surface area contributed by atoms with Gasteiger partial charge in [-0.1, -0.05) is 48.5 Å². The quantitative estimate of drug-likeness (QED) is 0.855. The highest BCUT2D eigenvalue weighted by Crippen LogP contribution is 2.27. The fourth-order valence-electron chi connectivity index (χ4n) is 3.53. The van der Waals surface area contributed by atoms with Crippen molar-refractivity contribution in [1.82, 2.24) is 10.2 Å². The van der Waals surface area contributed by atoms with Gasteiger partial charge in [0.1, 0.15) is 12.6 Å². The first-order valence-corrected chi connectivity index (χ1v) is 8.67. The molecule has 2 heterocycles. The summed E-state index contributed by atoms with van der Waals surface area (Å²) in [5.41, 5.74) is 2.94. The predicted molar refractivity (Wildman–Crippen MR) is 96.7 cm³/mol. The van der Waals surface area contributed by atoms with Crippen LogP contribution in [0.2, 0.25) is 0 Å². The van der Waals surface area contributed by atoms with Crippen molar-refractivity contribution < 1.29 is 14.4 Å². The number of imide groups is 1. The lowest BCUT2D eigenvalue weighted by molar-refractivity contribution is -0.131. The van der Waals surface area contributed by atoms with Gasteiger partial charge in [0, 0.05) is 18.7 Å². The summed E-state index contributed by atoms with van der Waals surface area (Å²) in [5.74, 6) is -0.585. The van der Waals surface area contributed by atoms with Crippen molar-refractivity contribution in [3.05, 3.63) is 65.7 Å². The number of hydrogen-bond donors (Lipinski definition) is 1. The number of nitrogens with zero attached hydrogens (tertiary/aromatic N) is 2. The third-order valence-corrected chi connectivity index (χ3v) is 4.87. The first-order chi connectivity index (χ1) is 12.6. The minimum absolute atomic E-state index is 0.232. The summed E-state index contributed by atoms with van der Waals surface area (Å²) < 4.78 is 0. The lowest BCUT2D eigenvalue weighted by Gasteiger charge is -2.20. The zero-order chi connectivity index (χ0) is 18.1. The van der Waals surface area contributed by atoms with Crippen LogP contribution in [-0.2, 0) is 22.4 Å². The van der Waals surface area contributed by atoms with Gasteiger partial charge in [-0.15, -0.1) is 0 Å². The van der Waals surface area contributed by atoms with Gasteiger partial charge >= 0.3 is 6.03 Å². The average molecular weight is 349 g/mol. The third kappa shape index (κ3) is 2.94. The van der Waals surface area contributed by atoms with Crippen molar-refractivity contribution in [3.63, 3.8) is 0 Å². The Morgan fingerprint density at radius 1 is 1.04 bits per heavy atom. The van der Waals surface area contributed by atoms with Crippen LogP contribution in [0.15, 0.2) is 54.6 Å². The monoisotopic (exact) mass is 349 g/mol. The summed E-state index contributed by atoms with van der Waals surface area (Å²) >= 11 is 0. The van der Waals surface area contributed by atoms with Crippen LogP contribution in [0.5, 0.6) is 0 Å². The number of amides is 4. The molecule has 0 unspecified atom stereocenters. The number of rotatable bonds is 4. The Kier molecular flexibility index (Phi) is 4.16. The van der Waals surface area contributed by atoms with E-state index < -0.39 is 12.1 Å². The summed E-state index contributed by atoms with van der Waals surface area (Å²) in [6, 6.07) is 16.1. The van der Waals surface area contributed by atoms with E-state index in [1.165, 1.54) is 0 Å². The van der Waals surface area contributed by atoms with E-state index in [1.807, 2.05) is 54.6 Å². The molecule has 0 bridgehead atoms. The largest absolute Gasteiger partial charge is 0.325 e. The van der Waals surface area contributed by atoms with Crippen molar-refractivity contribution in [1.29, 1.82) is 0 Å². The standard InChI is InChI=1S/C20H19N3O3/c24-18(22-11-10-15-8-4-5-9-17(15)22)13-23-19(25)16(21-20(23)26)12-14-6-2-1-3-7-14/h1-9,16H,10-13H2,(H,21,26)/t16-/m1/s1. The topological polar surface area (TPSA) is 69.7 Å². The molecule has 1 saturated heterocycles. The van der Waals surface area contributed by atoms with E-state index in [2.05, 4.69) is 5.32 Å². The molecule has 1 fully saturated rings. The molecule has 2 aliphatic heterocycles. The van der Waals surface area contributed by atoms with Crippen LogP contribution in [0.4, 0.5) is 10.5 Å². The molecule has 0 aliphatic carbocycles. The van der Waals surface area contributed by atoms with Crippen LogP contribution in [0, 0.1) is 0 Å². The van der Waals surface area contributed by atoms with E-state index in [4.69, 9.17) is 0 Å². The molecular weight excluding hydrogens is 330 g/mol. The molecule has 0 radical (unpaired) electrons. The average Bonchev–Trinajstić information content (AvgIpc) is 3.19. The zero-order valence-corrected chi connectivity index (χ0v) is 14.2. The number of nitrogens with one attached hydrogen (secondary N) is 1. The van der Waals surface area contributed by atoms with Gasteiger partial charge < -0.3 is 10.2 Å². The Bertz CT molecular complexity index is 866. The zero-order valence-electron chi connectivity index (χ0n) is 14.2. The van der Waals surface area contributed by atoms with Gasteiger partial charge in [0.2, 0.25) is 5.91 Å².